The highest BCUT2D eigenvalue weighted by Gasteiger charge is 2.31. The number of carbonyl (C=O) groups is 1. The Morgan fingerprint density at radius 2 is 2.19 bits per heavy atom. The Morgan fingerprint density at radius 1 is 1.38 bits per heavy atom. The molecule has 2 aliphatic heterocycles. The van der Waals surface area contributed by atoms with Crippen molar-refractivity contribution in [1.82, 2.24) is 4.90 Å². The van der Waals surface area contributed by atoms with Crippen LogP contribution in [0, 0.1) is 5.92 Å². The van der Waals surface area contributed by atoms with Crippen molar-refractivity contribution in [3.8, 4) is 5.75 Å². The van der Waals surface area contributed by atoms with Crippen molar-refractivity contribution in [3.63, 3.8) is 0 Å². The van der Waals surface area contributed by atoms with Gasteiger partial charge >= 0.3 is 0 Å². The van der Waals surface area contributed by atoms with Gasteiger partial charge in [-0.15, -0.1) is 0 Å². The van der Waals surface area contributed by atoms with Gasteiger partial charge in [0, 0.05) is 11.6 Å². The molecule has 0 saturated carbocycles. The van der Waals surface area contributed by atoms with Crippen molar-refractivity contribution >= 4 is 12.0 Å². The maximum Gasteiger partial charge on any atom is 0.253 e. The standard InChI is InChI=1S/C17H19NO3/c1-12(2)11-20-14-9-16(19)18(10-14)17-8-7-13-5-3-4-6-15(13)21-17/h3-9,12,17H,10-11H2,1-2H3. The molecule has 110 valence electrons. The molecule has 1 unspecified atom stereocenters. The van der Waals surface area contributed by atoms with Crippen molar-refractivity contribution < 1.29 is 14.3 Å². The Morgan fingerprint density at radius 3 is 3.00 bits per heavy atom. The fourth-order valence-electron chi connectivity index (χ4n) is 2.34. The summed E-state index contributed by atoms with van der Waals surface area (Å²) in [6.07, 6.45) is 5.08. The molecule has 1 aromatic rings. The van der Waals surface area contributed by atoms with E-state index in [0.717, 1.165) is 11.3 Å². The van der Waals surface area contributed by atoms with Crippen molar-refractivity contribution in [2.24, 2.45) is 5.92 Å². The topological polar surface area (TPSA) is 38.8 Å². The normalized spacial score (nSPS) is 20.3. The quantitative estimate of drug-likeness (QED) is 0.854. The molecule has 1 amide bonds. The molecule has 1 aromatic carbocycles. The molecular weight excluding hydrogens is 266 g/mol. The minimum absolute atomic E-state index is 0.0669. The molecule has 0 spiro atoms. The highest BCUT2D eigenvalue weighted by molar-refractivity contribution is 5.91. The van der Waals surface area contributed by atoms with Gasteiger partial charge in [0.15, 0.2) is 6.23 Å². The lowest BCUT2D eigenvalue weighted by atomic mass is 10.1. The fourth-order valence-corrected chi connectivity index (χ4v) is 2.34. The summed E-state index contributed by atoms with van der Waals surface area (Å²) in [5, 5.41) is 0. The summed E-state index contributed by atoms with van der Waals surface area (Å²) in [6, 6.07) is 7.79. The molecule has 4 heteroatoms. The van der Waals surface area contributed by atoms with Gasteiger partial charge in [0.25, 0.3) is 5.91 Å². The number of fused-ring (bicyclic) bond motifs is 1. The Balaban J connectivity index is 1.66. The van der Waals surface area contributed by atoms with Crippen LogP contribution in [0.5, 0.6) is 5.75 Å². The lowest BCUT2D eigenvalue weighted by Crippen LogP contribution is -2.40. The predicted molar refractivity (Wildman–Crippen MR) is 80.5 cm³/mol. The van der Waals surface area contributed by atoms with Crippen LogP contribution in [0.4, 0.5) is 0 Å². The molecule has 0 bridgehead atoms. The number of carbonyl (C=O) groups excluding carboxylic acids is 1. The largest absolute Gasteiger partial charge is 0.496 e. The fraction of sp³-hybridized carbons (Fsp3) is 0.353. The zero-order valence-corrected chi connectivity index (χ0v) is 12.3. The summed E-state index contributed by atoms with van der Waals surface area (Å²) < 4.78 is 11.5. The number of hydrogen-bond donors (Lipinski definition) is 0. The van der Waals surface area contributed by atoms with Crippen molar-refractivity contribution in [3.05, 3.63) is 47.7 Å². The van der Waals surface area contributed by atoms with E-state index in [1.807, 2.05) is 36.4 Å². The van der Waals surface area contributed by atoms with Gasteiger partial charge in [-0.05, 0) is 24.1 Å². The summed E-state index contributed by atoms with van der Waals surface area (Å²) in [6.45, 7) is 5.25. The third-order valence-electron chi connectivity index (χ3n) is 3.41. The van der Waals surface area contributed by atoms with Gasteiger partial charge in [0.1, 0.15) is 11.5 Å². The lowest BCUT2D eigenvalue weighted by molar-refractivity contribution is -0.130. The molecule has 4 nitrogen and oxygen atoms in total. The number of benzene rings is 1. The van der Waals surface area contributed by atoms with Crippen LogP contribution in [-0.2, 0) is 9.53 Å². The number of nitrogens with zero attached hydrogens (tertiary/aromatic N) is 1. The molecule has 3 rings (SSSR count). The second-order valence-corrected chi connectivity index (χ2v) is 5.69. The number of rotatable bonds is 4. The van der Waals surface area contributed by atoms with Gasteiger partial charge in [-0.2, -0.15) is 0 Å². The third kappa shape index (κ3) is 2.94. The van der Waals surface area contributed by atoms with Gasteiger partial charge in [0.2, 0.25) is 0 Å². The number of para-hydroxylation sites is 1. The summed E-state index contributed by atoms with van der Waals surface area (Å²) >= 11 is 0. The summed E-state index contributed by atoms with van der Waals surface area (Å²) in [7, 11) is 0. The zero-order valence-electron chi connectivity index (χ0n) is 12.3. The Hall–Kier alpha value is -2.23. The molecule has 0 aromatic heterocycles. The third-order valence-corrected chi connectivity index (χ3v) is 3.41. The van der Waals surface area contributed by atoms with Crippen LogP contribution in [0.3, 0.4) is 0 Å². The van der Waals surface area contributed by atoms with Crippen LogP contribution in [0.2, 0.25) is 0 Å². The SMILES string of the molecule is CC(C)COC1=CC(=O)N(C2C=Cc3ccccc3O2)C1. The van der Waals surface area contributed by atoms with Crippen LogP contribution in [0.25, 0.3) is 6.08 Å². The van der Waals surface area contributed by atoms with Crippen LogP contribution < -0.4 is 4.74 Å². The van der Waals surface area contributed by atoms with E-state index in [9.17, 15) is 4.79 Å². The molecule has 0 aliphatic carbocycles. The van der Waals surface area contributed by atoms with Gasteiger partial charge in [-0.1, -0.05) is 32.0 Å². The van der Waals surface area contributed by atoms with E-state index in [0.29, 0.717) is 24.8 Å². The molecule has 21 heavy (non-hydrogen) atoms. The number of hydrogen-bond acceptors (Lipinski definition) is 3. The molecule has 0 radical (unpaired) electrons. The predicted octanol–water partition coefficient (Wildman–Crippen LogP) is 2.82. The maximum atomic E-state index is 12.1. The minimum Gasteiger partial charge on any atom is -0.496 e. The van der Waals surface area contributed by atoms with Crippen molar-refractivity contribution in [2.75, 3.05) is 13.2 Å². The first kappa shape index (κ1) is 13.7. The van der Waals surface area contributed by atoms with Crippen molar-refractivity contribution in [1.29, 1.82) is 0 Å². The Bertz CT molecular complexity index is 604. The molecule has 0 fully saturated rings. The Kier molecular flexibility index (Phi) is 3.69. The van der Waals surface area contributed by atoms with Gasteiger partial charge < -0.3 is 9.47 Å². The van der Waals surface area contributed by atoms with E-state index >= 15 is 0 Å². The van der Waals surface area contributed by atoms with Crippen LogP contribution in [-0.4, -0.2) is 30.2 Å². The second kappa shape index (κ2) is 5.64. The van der Waals surface area contributed by atoms with E-state index in [1.165, 1.54) is 0 Å². The van der Waals surface area contributed by atoms with E-state index < -0.39 is 0 Å². The summed E-state index contributed by atoms with van der Waals surface area (Å²) in [5.41, 5.74) is 1.03. The van der Waals surface area contributed by atoms with E-state index in [1.54, 1.807) is 11.0 Å². The molecule has 0 saturated heterocycles. The molecule has 0 N–H and O–H groups in total. The van der Waals surface area contributed by atoms with E-state index in [4.69, 9.17) is 9.47 Å². The molecule has 2 heterocycles. The highest BCUT2D eigenvalue weighted by atomic mass is 16.5. The zero-order chi connectivity index (χ0) is 14.8. The monoisotopic (exact) mass is 285 g/mol. The first-order valence-corrected chi connectivity index (χ1v) is 7.21. The first-order valence-electron chi connectivity index (χ1n) is 7.21. The molecular formula is C17H19NO3. The Labute approximate surface area is 124 Å². The maximum absolute atomic E-state index is 12.1. The lowest BCUT2D eigenvalue weighted by Gasteiger charge is -2.29. The average Bonchev–Trinajstić information content (AvgIpc) is 2.86. The molecule has 1 atom stereocenters. The first-order chi connectivity index (χ1) is 10.1. The summed E-state index contributed by atoms with van der Waals surface area (Å²) in [5.74, 6) is 1.88. The average molecular weight is 285 g/mol. The van der Waals surface area contributed by atoms with Gasteiger partial charge in [0.05, 0.1) is 13.2 Å². The van der Waals surface area contributed by atoms with Gasteiger partial charge in [-0.3, -0.25) is 9.69 Å². The summed E-state index contributed by atoms with van der Waals surface area (Å²) in [4.78, 5) is 13.8. The van der Waals surface area contributed by atoms with Crippen LogP contribution in [0.15, 0.2) is 42.2 Å². The van der Waals surface area contributed by atoms with Crippen LogP contribution in [0.1, 0.15) is 19.4 Å². The van der Waals surface area contributed by atoms with Gasteiger partial charge in [-0.25, -0.2) is 0 Å². The number of amides is 1. The molecule has 2 aliphatic rings. The smallest absolute Gasteiger partial charge is 0.253 e. The van der Waals surface area contributed by atoms with E-state index in [-0.39, 0.29) is 12.1 Å². The van der Waals surface area contributed by atoms with Crippen LogP contribution >= 0.6 is 0 Å². The second-order valence-electron chi connectivity index (χ2n) is 5.69. The minimum atomic E-state index is -0.371. The highest BCUT2D eigenvalue weighted by Crippen LogP contribution is 2.28. The van der Waals surface area contributed by atoms with Crippen molar-refractivity contribution in [2.45, 2.75) is 20.1 Å². The number of ether oxygens (including phenoxy) is 2. The van der Waals surface area contributed by atoms with E-state index in [2.05, 4.69) is 13.8 Å².